The second kappa shape index (κ2) is 16.3. The Labute approximate surface area is 255 Å². The molecule has 0 bridgehead atoms. The van der Waals surface area contributed by atoms with Gasteiger partial charge in [-0.25, -0.2) is 14.6 Å². The van der Waals surface area contributed by atoms with Crippen molar-refractivity contribution in [2.24, 2.45) is 11.5 Å². The fourth-order valence-corrected chi connectivity index (χ4v) is 3.71. The molecule has 0 unspecified atom stereocenters. The smallest absolute Gasteiger partial charge is 0.430 e. The molecule has 0 aliphatic carbocycles. The Morgan fingerprint density at radius 3 is 1.89 bits per heavy atom. The predicted molar refractivity (Wildman–Crippen MR) is 165 cm³/mol. The molecule has 13 heteroatoms. The van der Waals surface area contributed by atoms with E-state index in [2.05, 4.69) is 10.7 Å². The van der Waals surface area contributed by atoms with Crippen LogP contribution in [0.5, 0.6) is 0 Å². The van der Waals surface area contributed by atoms with Crippen molar-refractivity contribution in [3.8, 4) is 0 Å². The number of carboxylic acids is 2. The zero-order valence-electron chi connectivity index (χ0n) is 24.7. The van der Waals surface area contributed by atoms with Crippen molar-refractivity contribution in [3.05, 3.63) is 102 Å². The number of nitrogens with one attached hydrogen (secondary N) is 3. The normalized spacial score (nSPS) is 11.9. The molecule has 9 N–H and O–H groups in total. The van der Waals surface area contributed by atoms with Crippen LogP contribution in [0.15, 0.2) is 84.9 Å². The number of anilines is 1. The number of rotatable bonds is 9. The summed E-state index contributed by atoms with van der Waals surface area (Å²) in [5, 5.41) is 28.9. The topological polar surface area (TPSA) is 221 Å². The van der Waals surface area contributed by atoms with Crippen LogP contribution in [0, 0.1) is 5.41 Å². The molecule has 2 atom stereocenters. The van der Waals surface area contributed by atoms with E-state index in [-0.39, 0.29) is 17.9 Å². The van der Waals surface area contributed by atoms with Gasteiger partial charge in [-0.3, -0.25) is 20.4 Å². The molecule has 2 amide bonds. The second-order valence-corrected chi connectivity index (χ2v) is 10.6. The van der Waals surface area contributed by atoms with Crippen LogP contribution in [0.3, 0.4) is 0 Å². The second-order valence-electron chi connectivity index (χ2n) is 10.6. The highest BCUT2D eigenvalue weighted by Gasteiger charge is 2.35. The number of amides is 2. The Balaban J connectivity index is 0.000000469. The third-order valence-corrected chi connectivity index (χ3v) is 5.70. The SMILES string of the molecule is CC(C)(C)OC(=O)N(NC(=O)c1cccc(NC(=N)N)c1)[C@@H](Cc1ccccc1)C(=O)O.N[C@@H](Cc1ccccc1)C(=O)O. The molecule has 0 fully saturated rings. The van der Waals surface area contributed by atoms with E-state index in [1.54, 1.807) is 63.2 Å². The van der Waals surface area contributed by atoms with Crippen molar-refractivity contribution in [3.63, 3.8) is 0 Å². The third kappa shape index (κ3) is 12.2. The zero-order valence-corrected chi connectivity index (χ0v) is 24.7. The molecular formula is C31H38N6O7. The minimum atomic E-state index is -1.42. The number of carbonyl (C=O) groups is 4. The summed E-state index contributed by atoms with van der Waals surface area (Å²) in [6, 6.07) is 21.9. The number of carbonyl (C=O) groups excluding carboxylic acids is 2. The Morgan fingerprint density at radius 1 is 0.864 bits per heavy atom. The molecule has 0 aliphatic rings. The molecule has 3 aromatic carbocycles. The first kappa shape index (κ1) is 34.8. The average Bonchev–Trinajstić information content (AvgIpc) is 2.95. The summed E-state index contributed by atoms with van der Waals surface area (Å²) >= 11 is 0. The van der Waals surface area contributed by atoms with E-state index < -0.39 is 41.6 Å². The maximum atomic E-state index is 12.9. The summed E-state index contributed by atoms with van der Waals surface area (Å²) in [5.41, 5.74) is 14.2. The fourth-order valence-electron chi connectivity index (χ4n) is 3.71. The van der Waals surface area contributed by atoms with Crippen LogP contribution in [-0.4, -0.2) is 62.8 Å². The lowest BCUT2D eigenvalue weighted by Gasteiger charge is -2.31. The number of hydrazine groups is 1. The molecule has 13 nitrogen and oxygen atoms in total. The van der Waals surface area contributed by atoms with Crippen LogP contribution in [0.4, 0.5) is 10.5 Å². The van der Waals surface area contributed by atoms with Crippen LogP contribution >= 0.6 is 0 Å². The Morgan fingerprint density at radius 2 is 1.41 bits per heavy atom. The molecular weight excluding hydrogens is 568 g/mol. The van der Waals surface area contributed by atoms with Crippen molar-refractivity contribution in [1.29, 1.82) is 5.41 Å². The van der Waals surface area contributed by atoms with Crippen molar-refractivity contribution in [1.82, 2.24) is 10.4 Å². The van der Waals surface area contributed by atoms with Crippen LogP contribution in [-0.2, 0) is 27.2 Å². The van der Waals surface area contributed by atoms with Gasteiger partial charge in [0.25, 0.3) is 5.91 Å². The molecule has 0 spiro atoms. The fraction of sp³-hybridized carbons (Fsp3) is 0.258. The molecule has 234 valence electrons. The maximum Gasteiger partial charge on any atom is 0.430 e. The molecule has 3 rings (SSSR count). The Kier molecular flexibility index (Phi) is 12.9. The molecule has 0 radical (unpaired) electrons. The number of nitrogens with two attached hydrogens (primary N) is 2. The summed E-state index contributed by atoms with van der Waals surface area (Å²) in [5.74, 6) is -3.32. The lowest BCUT2D eigenvalue weighted by Crippen LogP contribution is -2.56. The Hall–Kier alpha value is -5.43. The van der Waals surface area contributed by atoms with E-state index in [4.69, 9.17) is 26.7 Å². The van der Waals surface area contributed by atoms with Gasteiger partial charge in [-0.15, -0.1) is 0 Å². The minimum Gasteiger partial charge on any atom is -0.480 e. The van der Waals surface area contributed by atoms with Gasteiger partial charge in [0.2, 0.25) is 0 Å². The lowest BCUT2D eigenvalue weighted by atomic mass is 10.1. The molecule has 44 heavy (non-hydrogen) atoms. The van der Waals surface area contributed by atoms with Crippen molar-refractivity contribution >= 4 is 35.6 Å². The number of nitrogens with zero attached hydrogens (tertiary/aromatic N) is 1. The standard InChI is InChI=1S/C22H27N5O5.C9H11NO2/c1-22(2,3)32-21(31)27(17(19(29)30)12-14-8-5-4-6-9-14)26-18(28)15-10-7-11-16(13-15)25-20(23)24;10-8(9(11)12)6-7-4-2-1-3-5-7/h4-11,13,17H,12H2,1-3H3,(H,26,28)(H,29,30)(H4,23,24,25);1-5,8H,6,10H2,(H,11,12)/t17-;8-/m00/s1. The first-order chi connectivity index (χ1) is 20.7. The van der Waals surface area contributed by atoms with E-state index in [0.717, 1.165) is 5.56 Å². The van der Waals surface area contributed by atoms with E-state index in [1.165, 1.54) is 12.1 Å². The van der Waals surface area contributed by atoms with Crippen molar-refractivity contribution in [2.75, 3.05) is 5.32 Å². The quantitative estimate of drug-likeness (QED) is 0.107. The van der Waals surface area contributed by atoms with Gasteiger partial charge in [0.15, 0.2) is 12.0 Å². The summed E-state index contributed by atoms with van der Waals surface area (Å²) < 4.78 is 5.33. The number of hydrogen-bond acceptors (Lipinski definition) is 7. The monoisotopic (exact) mass is 606 g/mol. The molecule has 0 aliphatic heterocycles. The van der Waals surface area contributed by atoms with Crippen LogP contribution < -0.4 is 22.2 Å². The van der Waals surface area contributed by atoms with Crippen LogP contribution in [0.25, 0.3) is 0 Å². The highest BCUT2D eigenvalue weighted by atomic mass is 16.6. The highest BCUT2D eigenvalue weighted by Crippen LogP contribution is 2.16. The van der Waals surface area contributed by atoms with Gasteiger partial charge in [0.1, 0.15) is 11.6 Å². The van der Waals surface area contributed by atoms with E-state index in [9.17, 15) is 24.3 Å². The lowest BCUT2D eigenvalue weighted by molar-refractivity contribution is -0.144. The summed E-state index contributed by atoms with van der Waals surface area (Å²) in [4.78, 5) is 48.2. The predicted octanol–water partition coefficient (Wildman–Crippen LogP) is 3.21. The van der Waals surface area contributed by atoms with Gasteiger partial charge in [-0.2, -0.15) is 0 Å². The van der Waals surface area contributed by atoms with Gasteiger partial charge in [0, 0.05) is 17.7 Å². The summed E-state index contributed by atoms with van der Waals surface area (Å²) in [6.07, 6.45) is -0.676. The average molecular weight is 607 g/mol. The highest BCUT2D eigenvalue weighted by molar-refractivity contribution is 5.98. The first-order valence-electron chi connectivity index (χ1n) is 13.5. The Bertz CT molecular complexity index is 1430. The summed E-state index contributed by atoms with van der Waals surface area (Å²) in [6.45, 7) is 4.90. The number of carboxylic acid groups (broad SMARTS) is 2. The van der Waals surface area contributed by atoms with Gasteiger partial charge >= 0.3 is 18.0 Å². The van der Waals surface area contributed by atoms with Crippen LogP contribution in [0.1, 0.15) is 42.3 Å². The van der Waals surface area contributed by atoms with Gasteiger partial charge in [0.05, 0.1) is 0 Å². The number of aliphatic carboxylic acids is 2. The maximum absolute atomic E-state index is 12.9. The third-order valence-electron chi connectivity index (χ3n) is 5.70. The van der Waals surface area contributed by atoms with E-state index in [1.807, 2.05) is 30.3 Å². The zero-order chi connectivity index (χ0) is 32.9. The van der Waals surface area contributed by atoms with E-state index in [0.29, 0.717) is 22.7 Å². The number of ether oxygens (including phenoxy) is 1. The summed E-state index contributed by atoms with van der Waals surface area (Å²) in [7, 11) is 0. The molecule has 3 aromatic rings. The number of hydrogen-bond donors (Lipinski definition) is 7. The van der Waals surface area contributed by atoms with Gasteiger partial charge in [-0.05, 0) is 56.5 Å². The minimum absolute atomic E-state index is 0.0539. The molecule has 0 aromatic heterocycles. The molecule has 0 heterocycles. The van der Waals surface area contributed by atoms with Crippen molar-refractivity contribution < 1.29 is 34.1 Å². The molecule has 0 saturated heterocycles. The van der Waals surface area contributed by atoms with E-state index >= 15 is 0 Å². The number of guanidine groups is 1. The van der Waals surface area contributed by atoms with Gasteiger partial charge < -0.3 is 31.7 Å². The van der Waals surface area contributed by atoms with Crippen LogP contribution in [0.2, 0.25) is 0 Å². The number of benzene rings is 3. The largest absolute Gasteiger partial charge is 0.480 e. The molecule has 0 saturated carbocycles. The van der Waals surface area contributed by atoms with Crippen molar-refractivity contribution in [2.45, 2.75) is 51.3 Å². The first-order valence-corrected chi connectivity index (χ1v) is 13.5. The van der Waals surface area contributed by atoms with Gasteiger partial charge in [-0.1, -0.05) is 66.7 Å².